The maximum atomic E-state index is 12.1. The van der Waals surface area contributed by atoms with Gasteiger partial charge in [-0.1, -0.05) is 44.0 Å². The van der Waals surface area contributed by atoms with Gasteiger partial charge in [0.05, 0.1) is 0 Å². The lowest BCUT2D eigenvalue weighted by atomic mass is 9.82. The Balaban J connectivity index is 1.86. The van der Waals surface area contributed by atoms with Crippen molar-refractivity contribution in [2.24, 2.45) is 5.92 Å². The molecular weight excluding hydrogens is 278 g/mol. The minimum atomic E-state index is -0.934. The molecule has 0 saturated heterocycles. The van der Waals surface area contributed by atoms with Crippen molar-refractivity contribution >= 4 is 11.9 Å². The molecule has 0 heterocycles. The van der Waals surface area contributed by atoms with Crippen molar-refractivity contribution in [2.45, 2.75) is 57.9 Å². The topological polar surface area (TPSA) is 66.4 Å². The average Bonchev–Trinajstić information content (AvgIpc) is 2.51. The Morgan fingerprint density at radius 1 is 1.32 bits per heavy atom. The fraction of sp³-hybridized carbons (Fsp3) is 0.556. The van der Waals surface area contributed by atoms with Gasteiger partial charge in [0.15, 0.2) is 0 Å². The van der Waals surface area contributed by atoms with E-state index >= 15 is 0 Å². The average molecular weight is 303 g/mol. The minimum Gasteiger partial charge on any atom is -0.480 e. The van der Waals surface area contributed by atoms with Crippen LogP contribution in [0.1, 0.15) is 50.2 Å². The first-order valence-corrected chi connectivity index (χ1v) is 8.19. The fourth-order valence-corrected chi connectivity index (χ4v) is 3.13. The number of hydrogen-bond acceptors (Lipinski definition) is 2. The van der Waals surface area contributed by atoms with Crippen molar-refractivity contribution in [1.82, 2.24) is 5.32 Å². The van der Waals surface area contributed by atoms with Crippen LogP contribution in [0.4, 0.5) is 0 Å². The van der Waals surface area contributed by atoms with E-state index in [1.807, 2.05) is 13.0 Å². The summed E-state index contributed by atoms with van der Waals surface area (Å²) in [6.45, 7) is 2.01. The molecule has 1 aliphatic carbocycles. The lowest BCUT2D eigenvalue weighted by Crippen LogP contribution is -2.41. The number of fused-ring (bicyclic) bond motifs is 1. The van der Waals surface area contributed by atoms with Crippen molar-refractivity contribution in [3.63, 3.8) is 0 Å². The van der Waals surface area contributed by atoms with Crippen molar-refractivity contribution in [3.8, 4) is 0 Å². The van der Waals surface area contributed by atoms with Gasteiger partial charge in [-0.25, -0.2) is 4.79 Å². The number of amides is 1. The van der Waals surface area contributed by atoms with Crippen LogP contribution in [-0.2, 0) is 22.4 Å². The van der Waals surface area contributed by atoms with Gasteiger partial charge in [0.1, 0.15) is 6.04 Å². The first kappa shape index (κ1) is 16.5. The number of rotatable bonds is 7. The molecule has 2 unspecified atom stereocenters. The highest BCUT2D eigenvalue weighted by atomic mass is 16.4. The first-order chi connectivity index (χ1) is 10.6. The lowest BCUT2D eigenvalue weighted by molar-refractivity contribution is -0.142. The SMILES string of the molecule is CCCCC(NC(=O)CC1CCc2ccccc2C1)C(=O)O. The second-order valence-electron chi connectivity index (χ2n) is 6.18. The number of aliphatic carboxylic acids is 1. The Labute approximate surface area is 131 Å². The quantitative estimate of drug-likeness (QED) is 0.814. The smallest absolute Gasteiger partial charge is 0.326 e. The maximum Gasteiger partial charge on any atom is 0.326 e. The summed E-state index contributed by atoms with van der Waals surface area (Å²) in [6.07, 6.45) is 5.59. The van der Waals surface area contributed by atoms with Gasteiger partial charge in [0.25, 0.3) is 0 Å². The molecule has 1 aromatic rings. The summed E-state index contributed by atoms with van der Waals surface area (Å²) in [6, 6.07) is 7.62. The molecule has 0 bridgehead atoms. The molecule has 1 aromatic carbocycles. The van der Waals surface area contributed by atoms with E-state index < -0.39 is 12.0 Å². The summed E-state index contributed by atoms with van der Waals surface area (Å²) < 4.78 is 0. The summed E-state index contributed by atoms with van der Waals surface area (Å²) in [4.78, 5) is 23.3. The van der Waals surface area contributed by atoms with E-state index in [1.165, 1.54) is 11.1 Å². The molecule has 2 N–H and O–H groups in total. The molecule has 0 saturated carbocycles. The van der Waals surface area contributed by atoms with Crippen LogP contribution in [0.15, 0.2) is 24.3 Å². The molecule has 0 aromatic heterocycles. The number of carbonyl (C=O) groups is 2. The van der Waals surface area contributed by atoms with E-state index in [9.17, 15) is 14.7 Å². The highest BCUT2D eigenvalue weighted by molar-refractivity contribution is 5.83. The third-order valence-corrected chi connectivity index (χ3v) is 4.40. The normalized spacial score (nSPS) is 18.3. The number of hydrogen-bond donors (Lipinski definition) is 2. The molecule has 2 rings (SSSR count). The molecule has 2 atom stereocenters. The van der Waals surface area contributed by atoms with E-state index in [0.29, 0.717) is 18.8 Å². The Morgan fingerprint density at radius 2 is 2.05 bits per heavy atom. The number of carboxylic acid groups (broad SMARTS) is 1. The van der Waals surface area contributed by atoms with Crippen LogP contribution in [0.5, 0.6) is 0 Å². The summed E-state index contributed by atoms with van der Waals surface area (Å²) in [5.74, 6) is -0.751. The maximum absolute atomic E-state index is 12.1. The highest BCUT2D eigenvalue weighted by Gasteiger charge is 2.24. The Kier molecular flexibility index (Phi) is 5.99. The Bertz CT molecular complexity index is 527. The molecule has 1 aliphatic rings. The van der Waals surface area contributed by atoms with Crippen molar-refractivity contribution in [1.29, 1.82) is 0 Å². The zero-order valence-electron chi connectivity index (χ0n) is 13.2. The van der Waals surface area contributed by atoms with Crippen LogP contribution in [0.25, 0.3) is 0 Å². The van der Waals surface area contributed by atoms with Gasteiger partial charge in [0.2, 0.25) is 5.91 Å². The summed E-state index contributed by atoms with van der Waals surface area (Å²) >= 11 is 0. The van der Waals surface area contributed by atoms with Crippen LogP contribution in [0, 0.1) is 5.92 Å². The zero-order chi connectivity index (χ0) is 15.9. The number of unbranched alkanes of at least 4 members (excludes halogenated alkanes) is 1. The Hall–Kier alpha value is -1.84. The predicted molar refractivity (Wildman–Crippen MR) is 85.7 cm³/mol. The molecule has 0 radical (unpaired) electrons. The second-order valence-corrected chi connectivity index (χ2v) is 6.18. The number of nitrogens with one attached hydrogen (secondary N) is 1. The Morgan fingerprint density at radius 3 is 2.73 bits per heavy atom. The van der Waals surface area contributed by atoms with Crippen LogP contribution < -0.4 is 5.32 Å². The first-order valence-electron chi connectivity index (χ1n) is 8.19. The number of carboxylic acids is 1. The number of benzene rings is 1. The van der Waals surface area contributed by atoms with Gasteiger partial charge in [-0.05, 0) is 42.7 Å². The van der Waals surface area contributed by atoms with Crippen LogP contribution >= 0.6 is 0 Å². The minimum absolute atomic E-state index is 0.132. The molecule has 120 valence electrons. The van der Waals surface area contributed by atoms with E-state index in [4.69, 9.17) is 0 Å². The van der Waals surface area contributed by atoms with Crippen molar-refractivity contribution in [2.75, 3.05) is 0 Å². The van der Waals surface area contributed by atoms with E-state index in [0.717, 1.165) is 32.1 Å². The summed E-state index contributed by atoms with van der Waals surface area (Å²) in [5.41, 5.74) is 2.71. The van der Waals surface area contributed by atoms with Gasteiger partial charge in [-0.3, -0.25) is 4.79 Å². The van der Waals surface area contributed by atoms with Gasteiger partial charge >= 0.3 is 5.97 Å². The third kappa shape index (κ3) is 4.58. The molecule has 0 fully saturated rings. The third-order valence-electron chi connectivity index (χ3n) is 4.40. The molecule has 22 heavy (non-hydrogen) atoms. The standard InChI is InChI=1S/C18H25NO3/c1-2-3-8-16(18(21)22)19-17(20)12-13-9-10-14-6-4-5-7-15(14)11-13/h4-7,13,16H,2-3,8-12H2,1H3,(H,19,20)(H,21,22). The summed E-state index contributed by atoms with van der Waals surface area (Å²) in [5, 5.41) is 11.9. The van der Waals surface area contributed by atoms with E-state index in [2.05, 4.69) is 23.5 Å². The second kappa shape index (κ2) is 7.97. The monoisotopic (exact) mass is 303 g/mol. The van der Waals surface area contributed by atoms with Crippen molar-refractivity contribution in [3.05, 3.63) is 35.4 Å². The molecule has 4 heteroatoms. The number of carbonyl (C=O) groups excluding carboxylic acids is 1. The van der Waals surface area contributed by atoms with E-state index in [-0.39, 0.29) is 5.91 Å². The molecular formula is C18H25NO3. The zero-order valence-corrected chi connectivity index (χ0v) is 13.2. The fourth-order valence-electron chi connectivity index (χ4n) is 3.13. The summed E-state index contributed by atoms with van der Waals surface area (Å²) in [7, 11) is 0. The molecule has 4 nitrogen and oxygen atoms in total. The molecule has 0 spiro atoms. The van der Waals surface area contributed by atoms with Crippen LogP contribution in [0.2, 0.25) is 0 Å². The lowest BCUT2D eigenvalue weighted by Gasteiger charge is -2.24. The predicted octanol–water partition coefficient (Wildman–Crippen LogP) is 2.94. The van der Waals surface area contributed by atoms with Crippen LogP contribution in [0.3, 0.4) is 0 Å². The van der Waals surface area contributed by atoms with E-state index in [1.54, 1.807) is 0 Å². The van der Waals surface area contributed by atoms with Gasteiger partial charge in [-0.2, -0.15) is 0 Å². The number of aryl methyl sites for hydroxylation is 1. The van der Waals surface area contributed by atoms with Crippen LogP contribution in [-0.4, -0.2) is 23.0 Å². The molecule has 1 amide bonds. The van der Waals surface area contributed by atoms with Gasteiger partial charge in [0, 0.05) is 6.42 Å². The van der Waals surface area contributed by atoms with Gasteiger partial charge < -0.3 is 10.4 Å². The van der Waals surface area contributed by atoms with Gasteiger partial charge in [-0.15, -0.1) is 0 Å². The largest absolute Gasteiger partial charge is 0.480 e. The molecule has 0 aliphatic heterocycles. The highest BCUT2D eigenvalue weighted by Crippen LogP contribution is 2.27. The van der Waals surface area contributed by atoms with Crippen molar-refractivity contribution < 1.29 is 14.7 Å².